The zero-order valence-electron chi connectivity index (χ0n) is 12.5. The molecule has 2 aromatic rings. The summed E-state index contributed by atoms with van der Waals surface area (Å²) in [4.78, 5) is 12.0. The Labute approximate surface area is 142 Å². The number of guanidine groups is 1. The van der Waals surface area contributed by atoms with Crippen molar-refractivity contribution in [1.82, 2.24) is 0 Å². The monoisotopic (exact) mass is 345 g/mol. The highest BCUT2D eigenvalue weighted by Gasteiger charge is 2.12. The van der Waals surface area contributed by atoms with Crippen molar-refractivity contribution in [2.75, 3.05) is 0 Å². The Morgan fingerprint density at radius 2 is 2.00 bits per heavy atom. The number of non-ortho nitro benzene ring substituents is 1. The molecule has 24 heavy (non-hydrogen) atoms. The van der Waals surface area contributed by atoms with Gasteiger partial charge in [0.1, 0.15) is 0 Å². The first-order valence-corrected chi connectivity index (χ1v) is 7.60. The summed E-state index contributed by atoms with van der Waals surface area (Å²) < 4.78 is 0. The summed E-state index contributed by atoms with van der Waals surface area (Å²) in [5, 5.41) is 27.6. The van der Waals surface area contributed by atoms with Crippen molar-refractivity contribution in [1.29, 1.82) is 0 Å². The fourth-order valence-electron chi connectivity index (χ4n) is 1.85. The molecule has 0 saturated heterocycles. The van der Waals surface area contributed by atoms with Crippen LogP contribution in [0.25, 0.3) is 0 Å². The fraction of sp³-hybridized carbons (Fsp3) is 0.0667. The largest absolute Gasteiger partial charge is 0.392 e. The van der Waals surface area contributed by atoms with Crippen LogP contribution in [0.3, 0.4) is 0 Å². The van der Waals surface area contributed by atoms with Gasteiger partial charge < -0.3 is 16.6 Å². The summed E-state index contributed by atoms with van der Waals surface area (Å²) in [6.45, 7) is -0.104. The van der Waals surface area contributed by atoms with Gasteiger partial charge in [-0.15, -0.1) is 5.10 Å². The van der Waals surface area contributed by atoms with Gasteiger partial charge in [-0.3, -0.25) is 10.1 Å². The van der Waals surface area contributed by atoms with Crippen LogP contribution in [0.15, 0.2) is 62.5 Å². The second-order valence-electron chi connectivity index (χ2n) is 4.62. The molecule has 8 nitrogen and oxygen atoms in total. The van der Waals surface area contributed by atoms with E-state index in [1.54, 1.807) is 12.1 Å². The van der Waals surface area contributed by atoms with Crippen molar-refractivity contribution in [3.05, 3.63) is 63.7 Å². The van der Waals surface area contributed by atoms with Crippen LogP contribution in [0.4, 0.5) is 5.69 Å². The number of rotatable bonds is 6. The molecule has 0 atom stereocenters. The molecule has 2 rings (SSSR count). The van der Waals surface area contributed by atoms with Gasteiger partial charge in [0, 0.05) is 27.5 Å². The Bertz CT molecular complexity index is 803. The standard InChI is InChI=1S/C15H15N5O3S/c16-15(17)19-18-8-11-7-12(20(22)23)5-6-14(11)24-13-4-2-1-3-10(13)9-21/h1-8,21H,9H2,(H4,16,17,19)/b18-8+. The highest BCUT2D eigenvalue weighted by atomic mass is 32.2. The molecule has 0 radical (unpaired) electrons. The fourth-order valence-corrected chi connectivity index (χ4v) is 2.87. The lowest BCUT2D eigenvalue weighted by atomic mass is 10.2. The van der Waals surface area contributed by atoms with Gasteiger partial charge in [0.15, 0.2) is 0 Å². The zero-order valence-corrected chi connectivity index (χ0v) is 13.3. The molecule has 9 heteroatoms. The first-order valence-electron chi connectivity index (χ1n) is 6.78. The molecule has 0 amide bonds. The van der Waals surface area contributed by atoms with E-state index in [0.29, 0.717) is 5.56 Å². The lowest BCUT2D eigenvalue weighted by Gasteiger charge is -2.09. The van der Waals surface area contributed by atoms with Crippen LogP contribution in [-0.4, -0.2) is 22.2 Å². The molecule has 0 aliphatic carbocycles. The summed E-state index contributed by atoms with van der Waals surface area (Å²) in [6, 6.07) is 11.7. The Kier molecular flexibility index (Phi) is 5.88. The topological polar surface area (TPSA) is 140 Å². The Balaban J connectivity index is 2.42. The van der Waals surface area contributed by atoms with Crippen LogP contribution in [0.1, 0.15) is 11.1 Å². The van der Waals surface area contributed by atoms with Gasteiger partial charge in [0.05, 0.1) is 17.7 Å². The SMILES string of the molecule is NC(N)=N/N=C/c1cc([N+](=O)[O-])ccc1Sc1ccccc1CO. The van der Waals surface area contributed by atoms with Crippen LogP contribution in [-0.2, 0) is 6.61 Å². The average molecular weight is 345 g/mol. The van der Waals surface area contributed by atoms with Crippen LogP contribution < -0.4 is 11.5 Å². The summed E-state index contributed by atoms with van der Waals surface area (Å²) in [5.74, 6) is -0.212. The number of hydrogen-bond acceptors (Lipinski definition) is 6. The molecule has 124 valence electrons. The van der Waals surface area contributed by atoms with Gasteiger partial charge in [-0.2, -0.15) is 5.10 Å². The highest BCUT2D eigenvalue weighted by molar-refractivity contribution is 7.99. The van der Waals surface area contributed by atoms with Crippen molar-refractivity contribution in [2.45, 2.75) is 16.4 Å². The second-order valence-corrected chi connectivity index (χ2v) is 5.70. The summed E-state index contributed by atoms with van der Waals surface area (Å²) in [7, 11) is 0. The van der Waals surface area contributed by atoms with E-state index in [9.17, 15) is 15.2 Å². The number of benzene rings is 2. The third kappa shape index (κ3) is 4.54. The molecule has 2 aromatic carbocycles. The molecule has 0 spiro atoms. The number of nitro groups is 1. The maximum absolute atomic E-state index is 11.0. The maximum Gasteiger partial charge on any atom is 0.270 e. The van der Waals surface area contributed by atoms with E-state index in [2.05, 4.69) is 10.2 Å². The predicted octanol–water partition coefficient (Wildman–Crippen LogP) is 1.85. The van der Waals surface area contributed by atoms with Crippen LogP contribution in [0, 0.1) is 10.1 Å². The lowest BCUT2D eigenvalue weighted by molar-refractivity contribution is -0.384. The Morgan fingerprint density at radius 3 is 2.67 bits per heavy atom. The third-order valence-corrected chi connectivity index (χ3v) is 4.15. The van der Waals surface area contributed by atoms with Gasteiger partial charge in [0.25, 0.3) is 5.69 Å². The number of nitro benzene ring substituents is 1. The first kappa shape index (κ1) is 17.4. The Morgan fingerprint density at radius 1 is 1.25 bits per heavy atom. The van der Waals surface area contributed by atoms with E-state index in [1.807, 2.05) is 18.2 Å². The third-order valence-electron chi connectivity index (χ3n) is 2.94. The second kappa shape index (κ2) is 8.09. The molecule has 0 saturated carbocycles. The maximum atomic E-state index is 11.0. The summed E-state index contributed by atoms with van der Waals surface area (Å²) >= 11 is 1.36. The minimum absolute atomic E-state index is 0.0686. The molecule has 0 bridgehead atoms. The minimum atomic E-state index is -0.492. The quantitative estimate of drug-likeness (QED) is 0.316. The van der Waals surface area contributed by atoms with Crippen LogP contribution in [0.5, 0.6) is 0 Å². The van der Waals surface area contributed by atoms with Crippen molar-refractivity contribution in [2.24, 2.45) is 21.7 Å². The summed E-state index contributed by atoms with van der Waals surface area (Å²) in [6.07, 6.45) is 1.34. The molecule has 0 aliphatic rings. The number of hydrogen-bond donors (Lipinski definition) is 3. The van der Waals surface area contributed by atoms with Crippen LogP contribution in [0.2, 0.25) is 0 Å². The summed E-state index contributed by atoms with van der Waals surface area (Å²) in [5.41, 5.74) is 11.6. The van der Waals surface area contributed by atoms with Gasteiger partial charge in [0.2, 0.25) is 5.96 Å². The Hall–Kier alpha value is -2.91. The van der Waals surface area contributed by atoms with E-state index in [-0.39, 0.29) is 18.3 Å². The molecule has 0 heterocycles. The normalized spacial score (nSPS) is 10.7. The van der Waals surface area contributed by atoms with Crippen molar-refractivity contribution >= 4 is 29.6 Å². The lowest BCUT2D eigenvalue weighted by Crippen LogP contribution is -2.21. The van der Waals surface area contributed by atoms with Gasteiger partial charge in [-0.05, 0) is 17.7 Å². The number of aliphatic hydroxyl groups excluding tert-OH is 1. The number of aliphatic hydroxyl groups is 1. The molecule has 0 aromatic heterocycles. The molecular formula is C15H15N5O3S. The molecule has 0 fully saturated rings. The van der Waals surface area contributed by atoms with E-state index in [4.69, 9.17) is 11.5 Å². The molecule has 5 N–H and O–H groups in total. The van der Waals surface area contributed by atoms with E-state index >= 15 is 0 Å². The van der Waals surface area contributed by atoms with Gasteiger partial charge in [-0.25, -0.2) is 0 Å². The molecule has 0 aliphatic heterocycles. The van der Waals surface area contributed by atoms with Crippen molar-refractivity contribution in [3.63, 3.8) is 0 Å². The highest BCUT2D eigenvalue weighted by Crippen LogP contribution is 2.34. The van der Waals surface area contributed by atoms with Crippen molar-refractivity contribution in [3.8, 4) is 0 Å². The minimum Gasteiger partial charge on any atom is -0.392 e. The van der Waals surface area contributed by atoms with Crippen LogP contribution >= 0.6 is 11.8 Å². The molecular weight excluding hydrogens is 330 g/mol. The van der Waals surface area contributed by atoms with E-state index in [1.165, 1.54) is 30.1 Å². The van der Waals surface area contributed by atoms with Crippen molar-refractivity contribution < 1.29 is 10.0 Å². The van der Waals surface area contributed by atoms with E-state index in [0.717, 1.165) is 15.4 Å². The predicted molar refractivity (Wildman–Crippen MR) is 93.0 cm³/mol. The number of nitrogens with two attached hydrogens (primary N) is 2. The van der Waals surface area contributed by atoms with Gasteiger partial charge >= 0.3 is 0 Å². The molecule has 0 unspecified atom stereocenters. The zero-order chi connectivity index (χ0) is 17.5. The smallest absolute Gasteiger partial charge is 0.270 e. The van der Waals surface area contributed by atoms with E-state index < -0.39 is 4.92 Å². The average Bonchev–Trinajstić information content (AvgIpc) is 2.56. The van der Waals surface area contributed by atoms with Gasteiger partial charge in [-0.1, -0.05) is 30.0 Å². The first-order chi connectivity index (χ1) is 11.5. The number of nitrogens with zero attached hydrogens (tertiary/aromatic N) is 3.